The summed E-state index contributed by atoms with van der Waals surface area (Å²) in [6.45, 7) is 6.54. The Morgan fingerprint density at radius 2 is 2.08 bits per heavy atom. The Balaban J connectivity index is 1.23. The number of hydrogen-bond donors (Lipinski definition) is 3. The van der Waals surface area contributed by atoms with Gasteiger partial charge in [0, 0.05) is 50.0 Å². The molecule has 0 unspecified atom stereocenters. The number of piperidine rings is 1. The van der Waals surface area contributed by atoms with Crippen LogP contribution in [0.5, 0.6) is 0 Å². The first kappa shape index (κ1) is 23.2. The number of nitrogens with one attached hydrogen (secondary N) is 2. The number of carbonyl (C=O) groups excluding carboxylic acids is 1. The summed E-state index contributed by atoms with van der Waals surface area (Å²) >= 11 is 0. The summed E-state index contributed by atoms with van der Waals surface area (Å²) in [5, 5.41) is 21.8. The molecule has 6 rings (SSSR count). The van der Waals surface area contributed by atoms with Crippen LogP contribution in [-0.2, 0) is 4.79 Å². The van der Waals surface area contributed by atoms with Crippen LogP contribution >= 0.6 is 0 Å². The van der Waals surface area contributed by atoms with Gasteiger partial charge in [-0.1, -0.05) is 0 Å². The third kappa shape index (κ3) is 4.64. The van der Waals surface area contributed by atoms with E-state index >= 15 is 0 Å². The number of fused-ring (bicyclic) bond motifs is 1. The summed E-state index contributed by atoms with van der Waals surface area (Å²) in [6.07, 6.45) is 9.98. The van der Waals surface area contributed by atoms with Crippen LogP contribution in [0.2, 0.25) is 0 Å². The highest BCUT2D eigenvalue weighted by Gasteiger charge is 2.40. The number of aliphatic hydroxyl groups excluding tert-OH is 1. The summed E-state index contributed by atoms with van der Waals surface area (Å²) in [7, 11) is 0. The van der Waals surface area contributed by atoms with Crippen LogP contribution in [0.15, 0.2) is 30.9 Å². The molecule has 5 heterocycles. The Kier molecular flexibility index (Phi) is 6.04. The fourth-order valence-corrected chi connectivity index (χ4v) is 5.42. The average molecular weight is 494 g/mol. The molecule has 3 aromatic heterocycles. The number of aliphatic hydroxyl groups is 1. The van der Waals surface area contributed by atoms with Crippen LogP contribution in [0, 0.1) is 0 Å². The quantitative estimate of drug-likeness (QED) is 0.457. The van der Waals surface area contributed by atoms with Crippen LogP contribution < -0.4 is 15.5 Å². The Labute approximate surface area is 210 Å². The van der Waals surface area contributed by atoms with Crippen molar-refractivity contribution >= 4 is 29.0 Å². The molecular formula is C25H35N9O2. The number of carbonyl (C=O) groups is 1. The van der Waals surface area contributed by atoms with Crippen molar-refractivity contribution in [2.24, 2.45) is 0 Å². The minimum atomic E-state index is -0.614. The second kappa shape index (κ2) is 9.36. The number of imidazole rings is 1. The molecule has 3 fully saturated rings. The van der Waals surface area contributed by atoms with Crippen molar-refractivity contribution in [3.8, 4) is 0 Å². The van der Waals surface area contributed by atoms with Crippen LogP contribution in [0.4, 0.5) is 17.6 Å². The molecule has 3 aliphatic rings. The predicted molar refractivity (Wildman–Crippen MR) is 136 cm³/mol. The highest BCUT2D eigenvalue weighted by atomic mass is 16.3. The second-order valence-electron chi connectivity index (χ2n) is 10.7. The maximum Gasteiger partial charge on any atom is 0.246 e. The van der Waals surface area contributed by atoms with Crippen molar-refractivity contribution in [3.05, 3.63) is 30.9 Å². The monoisotopic (exact) mass is 493 g/mol. The Morgan fingerprint density at radius 3 is 2.86 bits per heavy atom. The van der Waals surface area contributed by atoms with Gasteiger partial charge >= 0.3 is 0 Å². The number of rotatable bonds is 7. The van der Waals surface area contributed by atoms with Gasteiger partial charge in [-0.2, -0.15) is 4.98 Å². The molecule has 36 heavy (non-hydrogen) atoms. The molecule has 11 nitrogen and oxygen atoms in total. The number of β-amino-alcohol motifs (C(OH)–C–C–N with tert-alkyl or cyclic N) is 1. The highest BCUT2D eigenvalue weighted by molar-refractivity contribution is 5.86. The summed E-state index contributed by atoms with van der Waals surface area (Å²) in [6, 6.07) is 4.47. The first-order valence-corrected chi connectivity index (χ1v) is 13.1. The van der Waals surface area contributed by atoms with E-state index in [1.807, 2.05) is 34.0 Å². The first-order chi connectivity index (χ1) is 17.4. The second-order valence-corrected chi connectivity index (χ2v) is 10.7. The van der Waals surface area contributed by atoms with Gasteiger partial charge < -0.3 is 25.2 Å². The Hall–Kier alpha value is -3.18. The molecule has 3 aromatic rings. The summed E-state index contributed by atoms with van der Waals surface area (Å²) in [5.74, 6) is 1.64. The van der Waals surface area contributed by atoms with E-state index in [1.165, 1.54) is 12.8 Å². The van der Waals surface area contributed by atoms with Crippen molar-refractivity contribution in [2.75, 3.05) is 29.9 Å². The van der Waals surface area contributed by atoms with Crippen molar-refractivity contribution in [3.63, 3.8) is 0 Å². The molecule has 0 radical (unpaired) electrons. The molecule has 3 atom stereocenters. The minimum Gasteiger partial charge on any atom is -0.391 e. The lowest BCUT2D eigenvalue weighted by Gasteiger charge is -2.34. The maximum atomic E-state index is 13.4. The van der Waals surface area contributed by atoms with Gasteiger partial charge in [0.25, 0.3) is 0 Å². The molecule has 0 bridgehead atoms. The van der Waals surface area contributed by atoms with E-state index < -0.39 is 12.1 Å². The van der Waals surface area contributed by atoms with Crippen LogP contribution in [0.25, 0.3) is 5.52 Å². The van der Waals surface area contributed by atoms with Gasteiger partial charge in [-0.25, -0.2) is 9.50 Å². The van der Waals surface area contributed by atoms with Gasteiger partial charge in [0.15, 0.2) is 5.82 Å². The average Bonchev–Trinajstić information content (AvgIpc) is 3.23. The molecule has 192 valence electrons. The molecular weight excluding hydrogens is 458 g/mol. The summed E-state index contributed by atoms with van der Waals surface area (Å²) in [5.41, 5.74) is 0.806. The zero-order chi connectivity index (χ0) is 24.8. The molecule has 2 saturated heterocycles. The lowest BCUT2D eigenvalue weighted by atomic mass is 10.0. The predicted octanol–water partition coefficient (Wildman–Crippen LogP) is 1.93. The van der Waals surface area contributed by atoms with E-state index in [2.05, 4.69) is 39.5 Å². The van der Waals surface area contributed by atoms with Crippen LogP contribution in [0.1, 0.15) is 52.0 Å². The van der Waals surface area contributed by atoms with E-state index in [0.717, 1.165) is 31.4 Å². The highest BCUT2D eigenvalue weighted by Crippen LogP contribution is 2.30. The minimum absolute atomic E-state index is 0.0596. The van der Waals surface area contributed by atoms with E-state index in [0.29, 0.717) is 42.6 Å². The molecule has 1 saturated carbocycles. The number of hydrogen-bond acceptors (Lipinski definition) is 8. The standard InChI is InChI=1S/C25H35N9O2/c1-16(2)32-14-22(26-15-32)28-23-20-6-4-10-34(20)30-25(29-23)33-13-19(35)11-21(33)24(36)27-17-5-3-9-31(12-17)18-7-8-18/h4,6,10,14-19,21,35H,3,5,7-9,11-13H2,1-2H3,(H,27,36)(H,28,29,30)/t17-,19+,21+/m1/s1. The molecule has 0 spiro atoms. The Morgan fingerprint density at radius 1 is 1.22 bits per heavy atom. The lowest BCUT2D eigenvalue weighted by molar-refractivity contribution is -0.123. The van der Waals surface area contributed by atoms with Crippen molar-refractivity contribution in [1.82, 2.24) is 34.4 Å². The SMILES string of the molecule is CC(C)n1cnc(Nc2nc(N3C[C@@H](O)C[C@H]3C(=O)N[C@@H]3CCCN(C4CC4)C3)nn3cccc23)c1. The molecule has 0 aromatic carbocycles. The zero-order valence-corrected chi connectivity index (χ0v) is 20.9. The number of aromatic nitrogens is 5. The topological polar surface area (TPSA) is 116 Å². The molecule has 11 heteroatoms. The van der Waals surface area contributed by atoms with E-state index in [-0.39, 0.29) is 11.9 Å². The third-order valence-corrected chi connectivity index (χ3v) is 7.53. The first-order valence-electron chi connectivity index (χ1n) is 13.1. The zero-order valence-electron chi connectivity index (χ0n) is 20.9. The van der Waals surface area contributed by atoms with Crippen molar-refractivity contribution in [1.29, 1.82) is 0 Å². The largest absolute Gasteiger partial charge is 0.391 e. The molecule has 2 aliphatic heterocycles. The van der Waals surface area contributed by atoms with Crippen LogP contribution in [0.3, 0.4) is 0 Å². The van der Waals surface area contributed by atoms with Crippen LogP contribution in [-0.4, -0.2) is 83.9 Å². The fraction of sp³-hybridized carbons (Fsp3) is 0.600. The molecule has 1 aliphatic carbocycles. The van der Waals surface area contributed by atoms with Gasteiger partial charge in [-0.15, -0.1) is 5.10 Å². The van der Waals surface area contributed by atoms with Gasteiger partial charge in [0.2, 0.25) is 11.9 Å². The van der Waals surface area contributed by atoms with E-state index in [9.17, 15) is 9.90 Å². The normalized spacial score (nSPS) is 25.1. The number of anilines is 3. The molecule has 1 amide bonds. The van der Waals surface area contributed by atoms with E-state index in [1.54, 1.807) is 10.8 Å². The Bertz CT molecular complexity index is 1230. The van der Waals surface area contributed by atoms with E-state index in [4.69, 9.17) is 4.98 Å². The lowest BCUT2D eigenvalue weighted by Crippen LogP contribution is -2.53. The van der Waals surface area contributed by atoms with Gasteiger partial charge in [-0.05, 0) is 58.2 Å². The number of nitrogens with zero attached hydrogens (tertiary/aromatic N) is 7. The van der Waals surface area contributed by atoms with Crippen molar-refractivity contribution < 1.29 is 9.90 Å². The van der Waals surface area contributed by atoms with Gasteiger partial charge in [0.05, 0.1) is 12.4 Å². The molecule has 3 N–H and O–H groups in total. The smallest absolute Gasteiger partial charge is 0.246 e. The van der Waals surface area contributed by atoms with Gasteiger partial charge in [0.1, 0.15) is 17.4 Å². The fourth-order valence-electron chi connectivity index (χ4n) is 5.42. The third-order valence-electron chi connectivity index (χ3n) is 7.53. The maximum absolute atomic E-state index is 13.4. The summed E-state index contributed by atoms with van der Waals surface area (Å²) < 4.78 is 3.77. The number of likely N-dealkylation sites (tertiary alicyclic amines) is 1. The number of amides is 1. The summed E-state index contributed by atoms with van der Waals surface area (Å²) in [4.78, 5) is 27.0. The van der Waals surface area contributed by atoms with Gasteiger partial charge in [-0.3, -0.25) is 9.69 Å². The van der Waals surface area contributed by atoms with Crippen molar-refractivity contribution in [2.45, 2.75) is 76.2 Å².